The van der Waals surface area contributed by atoms with E-state index in [1.807, 2.05) is 30.3 Å². The molecule has 4 nitrogen and oxygen atoms in total. The van der Waals surface area contributed by atoms with Crippen LogP contribution in [0.2, 0.25) is 0 Å². The zero-order chi connectivity index (χ0) is 13.0. The second kappa shape index (κ2) is 6.63. The molecule has 18 heavy (non-hydrogen) atoms. The van der Waals surface area contributed by atoms with Gasteiger partial charge in [-0.3, -0.25) is 0 Å². The molecule has 1 aliphatic heterocycles. The molecule has 1 aliphatic rings. The van der Waals surface area contributed by atoms with E-state index < -0.39 is 24.6 Å². The molecule has 0 aromatic heterocycles. The van der Waals surface area contributed by atoms with Crippen LogP contribution >= 0.6 is 15.9 Å². The van der Waals surface area contributed by atoms with Gasteiger partial charge in [0.25, 0.3) is 0 Å². The molecule has 1 heterocycles. The molecule has 1 aromatic carbocycles. The van der Waals surface area contributed by atoms with Crippen molar-refractivity contribution >= 4 is 15.9 Å². The van der Waals surface area contributed by atoms with E-state index in [4.69, 9.17) is 9.47 Å². The molecule has 0 saturated carbocycles. The molecule has 0 aliphatic carbocycles. The Hall–Kier alpha value is -0.460. The molecular weight excluding hydrogens is 300 g/mol. The molecule has 100 valence electrons. The van der Waals surface area contributed by atoms with Gasteiger partial charge in [0.15, 0.2) is 6.29 Å². The zero-order valence-corrected chi connectivity index (χ0v) is 11.5. The van der Waals surface area contributed by atoms with Crippen molar-refractivity contribution in [3.63, 3.8) is 0 Å². The number of rotatable bonds is 4. The smallest absolute Gasteiger partial charge is 0.161 e. The second-order valence-corrected chi connectivity index (χ2v) is 5.00. The van der Waals surface area contributed by atoms with Crippen LogP contribution in [0.3, 0.4) is 0 Å². The van der Waals surface area contributed by atoms with Crippen LogP contribution in [0.4, 0.5) is 0 Å². The summed E-state index contributed by atoms with van der Waals surface area (Å²) in [6, 6.07) is 9.77. The highest BCUT2D eigenvalue weighted by Gasteiger charge is 2.36. The highest BCUT2D eigenvalue weighted by molar-refractivity contribution is 9.09. The van der Waals surface area contributed by atoms with Gasteiger partial charge < -0.3 is 19.7 Å². The molecule has 0 unspecified atom stereocenters. The summed E-state index contributed by atoms with van der Waals surface area (Å²) in [5, 5.41) is 19.9. The van der Waals surface area contributed by atoms with Crippen LogP contribution < -0.4 is 0 Å². The SMILES string of the molecule is O[C@H]1[C@H](O)C[C@@H](OCc2ccccc2)O[C@@H]1CBr. The zero-order valence-electron chi connectivity index (χ0n) is 9.91. The second-order valence-electron chi connectivity index (χ2n) is 4.35. The van der Waals surface area contributed by atoms with Crippen molar-refractivity contribution in [3.8, 4) is 0 Å². The highest BCUT2D eigenvalue weighted by Crippen LogP contribution is 2.23. The lowest BCUT2D eigenvalue weighted by molar-refractivity contribution is -0.248. The molecule has 5 heteroatoms. The van der Waals surface area contributed by atoms with Crippen LogP contribution in [-0.4, -0.2) is 40.1 Å². The lowest BCUT2D eigenvalue weighted by atomic mass is 10.0. The Kier molecular flexibility index (Phi) is 5.14. The van der Waals surface area contributed by atoms with Gasteiger partial charge in [-0.2, -0.15) is 0 Å². The lowest BCUT2D eigenvalue weighted by Gasteiger charge is -2.36. The summed E-state index contributed by atoms with van der Waals surface area (Å²) in [6.07, 6.45) is -2.29. The van der Waals surface area contributed by atoms with E-state index in [2.05, 4.69) is 15.9 Å². The summed E-state index contributed by atoms with van der Waals surface area (Å²) in [4.78, 5) is 0. The Morgan fingerprint density at radius 2 is 2.00 bits per heavy atom. The number of halogens is 1. The van der Waals surface area contributed by atoms with Crippen LogP contribution in [0.1, 0.15) is 12.0 Å². The minimum absolute atomic E-state index is 0.289. The molecule has 4 atom stereocenters. The van der Waals surface area contributed by atoms with Crippen molar-refractivity contribution in [1.82, 2.24) is 0 Å². The third-order valence-corrected chi connectivity index (χ3v) is 3.60. The monoisotopic (exact) mass is 316 g/mol. The van der Waals surface area contributed by atoms with Gasteiger partial charge in [-0.05, 0) is 5.56 Å². The summed E-state index contributed by atoms with van der Waals surface area (Å²) >= 11 is 3.25. The largest absolute Gasteiger partial charge is 0.390 e. The van der Waals surface area contributed by atoms with Gasteiger partial charge in [-0.25, -0.2) is 0 Å². The van der Waals surface area contributed by atoms with E-state index in [0.29, 0.717) is 11.9 Å². The molecule has 1 saturated heterocycles. The number of hydrogen-bond donors (Lipinski definition) is 2. The quantitative estimate of drug-likeness (QED) is 0.825. The lowest BCUT2D eigenvalue weighted by Crippen LogP contribution is -2.49. The van der Waals surface area contributed by atoms with Crippen molar-refractivity contribution in [2.24, 2.45) is 0 Å². The summed E-state index contributed by atoms with van der Waals surface area (Å²) in [5.41, 5.74) is 1.05. The number of benzene rings is 1. The fraction of sp³-hybridized carbons (Fsp3) is 0.538. The average molecular weight is 317 g/mol. The predicted molar refractivity (Wildman–Crippen MR) is 70.3 cm³/mol. The summed E-state index contributed by atoms with van der Waals surface area (Å²) in [7, 11) is 0. The van der Waals surface area contributed by atoms with Gasteiger partial charge >= 0.3 is 0 Å². The van der Waals surface area contributed by atoms with E-state index in [1.54, 1.807) is 0 Å². The number of aliphatic hydroxyl groups excluding tert-OH is 2. The Labute approximate surface area is 115 Å². The fourth-order valence-corrected chi connectivity index (χ4v) is 2.45. The normalized spacial score (nSPS) is 32.4. The third kappa shape index (κ3) is 3.52. The standard InChI is InChI=1S/C13H17BrO4/c14-7-11-13(16)10(15)6-12(18-11)17-8-9-4-2-1-3-5-9/h1-5,10-13,15-16H,6-8H2/t10-,11-,12+,13+/m1/s1. The van der Waals surface area contributed by atoms with Gasteiger partial charge in [-0.15, -0.1) is 0 Å². The maximum atomic E-state index is 9.72. The Balaban J connectivity index is 1.86. The highest BCUT2D eigenvalue weighted by atomic mass is 79.9. The van der Waals surface area contributed by atoms with E-state index in [-0.39, 0.29) is 6.42 Å². The van der Waals surface area contributed by atoms with Crippen LogP contribution in [0.5, 0.6) is 0 Å². The molecule has 0 bridgehead atoms. The van der Waals surface area contributed by atoms with Crippen LogP contribution in [0.25, 0.3) is 0 Å². The Morgan fingerprint density at radius 1 is 1.28 bits per heavy atom. The van der Waals surface area contributed by atoms with Gasteiger partial charge in [0.2, 0.25) is 0 Å². The first kappa shape index (κ1) is 14.0. The molecule has 1 aromatic rings. The number of alkyl halides is 1. The van der Waals surface area contributed by atoms with Crippen molar-refractivity contribution in [2.45, 2.75) is 37.6 Å². The molecule has 0 radical (unpaired) electrons. The number of aliphatic hydroxyl groups is 2. The topological polar surface area (TPSA) is 58.9 Å². The van der Waals surface area contributed by atoms with E-state index in [9.17, 15) is 10.2 Å². The van der Waals surface area contributed by atoms with Gasteiger partial charge in [0.05, 0.1) is 18.8 Å². The maximum Gasteiger partial charge on any atom is 0.161 e. The van der Waals surface area contributed by atoms with Crippen LogP contribution in [0, 0.1) is 0 Å². The predicted octanol–water partition coefficient (Wildman–Crippen LogP) is 1.43. The van der Waals surface area contributed by atoms with E-state index >= 15 is 0 Å². The van der Waals surface area contributed by atoms with Crippen molar-refractivity contribution in [2.75, 3.05) is 5.33 Å². The number of ether oxygens (including phenoxy) is 2. The molecule has 2 rings (SSSR count). The van der Waals surface area contributed by atoms with E-state index in [1.165, 1.54) is 0 Å². The molecule has 2 N–H and O–H groups in total. The summed E-state index contributed by atoms with van der Waals surface area (Å²) in [5.74, 6) is 0. The maximum absolute atomic E-state index is 9.72. The van der Waals surface area contributed by atoms with Gasteiger partial charge in [0.1, 0.15) is 6.10 Å². The first-order valence-corrected chi connectivity index (χ1v) is 7.06. The molecular formula is C13H17BrO4. The van der Waals surface area contributed by atoms with Crippen LogP contribution in [0.15, 0.2) is 30.3 Å². The summed E-state index contributed by atoms with van der Waals surface area (Å²) in [6.45, 7) is 0.434. The average Bonchev–Trinajstić information content (AvgIpc) is 2.41. The van der Waals surface area contributed by atoms with Crippen molar-refractivity contribution < 1.29 is 19.7 Å². The minimum Gasteiger partial charge on any atom is -0.390 e. The minimum atomic E-state index is -0.860. The van der Waals surface area contributed by atoms with Crippen molar-refractivity contribution in [1.29, 1.82) is 0 Å². The summed E-state index contributed by atoms with van der Waals surface area (Å²) < 4.78 is 11.2. The molecule has 0 spiro atoms. The van der Waals surface area contributed by atoms with Gasteiger partial charge in [0, 0.05) is 11.8 Å². The Bertz CT molecular complexity index is 359. The van der Waals surface area contributed by atoms with Crippen LogP contribution in [-0.2, 0) is 16.1 Å². The van der Waals surface area contributed by atoms with Crippen molar-refractivity contribution in [3.05, 3.63) is 35.9 Å². The first-order chi connectivity index (χ1) is 8.70. The Morgan fingerprint density at radius 3 is 2.67 bits per heavy atom. The number of hydrogen-bond acceptors (Lipinski definition) is 4. The fourth-order valence-electron chi connectivity index (χ4n) is 1.91. The van der Waals surface area contributed by atoms with Gasteiger partial charge in [-0.1, -0.05) is 46.3 Å². The van der Waals surface area contributed by atoms with E-state index in [0.717, 1.165) is 5.56 Å². The molecule has 1 fully saturated rings. The third-order valence-electron chi connectivity index (χ3n) is 2.97. The molecule has 0 amide bonds. The first-order valence-electron chi connectivity index (χ1n) is 5.94.